The van der Waals surface area contributed by atoms with E-state index in [1.165, 1.54) is 4.68 Å². The number of hydrogen-bond donors (Lipinski definition) is 1. The standard InChI is InChI=1S/C16H15F3N4O/c1-10-8-21-23(9-10)15(2,3)14(24)22-13-5-4-12(16(17,18)19)6-11(13)7-20/h4-6,8-9H,1-3H3,(H,22,24). The Bertz CT molecular complexity index is 815. The highest BCUT2D eigenvalue weighted by Crippen LogP contribution is 2.32. The molecule has 0 aliphatic heterocycles. The van der Waals surface area contributed by atoms with Crippen molar-refractivity contribution in [2.45, 2.75) is 32.5 Å². The molecule has 8 heteroatoms. The zero-order valence-electron chi connectivity index (χ0n) is 13.3. The number of aryl methyl sites for hydroxylation is 1. The van der Waals surface area contributed by atoms with Crippen molar-refractivity contribution < 1.29 is 18.0 Å². The Hall–Kier alpha value is -2.82. The molecule has 0 unspecified atom stereocenters. The third kappa shape index (κ3) is 3.40. The molecule has 1 N–H and O–H groups in total. The van der Waals surface area contributed by atoms with Gasteiger partial charge in [0.25, 0.3) is 5.91 Å². The summed E-state index contributed by atoms with van der Waals surface area (Å²) in [6.45, 7) is 5.05. The summed E-state index contributed by atoms with van der Waals surface area (Å²) < 4.78 is 39.6. The van der Waals surface area contributed by atoms with Crippen molar-refractivity contribution in [3.05, 3.63) is 47.3 Å². The van der Waals surface area contributed by atoms with Gasteiger partial charge in [0.1, 0.15) is 11.6 Å². The fourth-order valence-electron chi connectivity index (χ4n) is 2.02. The van der Waals surface area contributed by atoms with Crippen LogP contribution in [-0.2, 0) is 16.5 Å². The fourth-order valence-corrected chi connectivity index (χ4v) is 2.02. The van der Waals surface area contributed by atoms with Crippen LogP contribution >= 0.6 is 0 Å². The molecule has 0 bridgehead atoms. The molecule has 1 aromatic heterocycles. The molecule has 0 aliphatic rings. The Morgan fingerprint density at radius 2 is 2.00 bits per heavy atom. The Labute approximate surface area is 136 Å². The molecule has 0 saturated carbocycles. The summed E-state index contributed by atoms with van der Waals surface area (Å²) in [4.78, 5) is 12.5. The maximum absolute atomic E-state index is 12.7. The fraction of sp³-hybridized carbons (Fsp3) is 0.312. The molecule has 5 nitrogen and oxygen atoms in total. The van der Waals surface area contributed by atoms with E-state index >= 15 is 0 Å². The van der Waals surface area contributed by atoms with Crippen LogP contribution in [0, 0.1) is 18.3 Å². The normalized spacial score (nSPS) is 11.9. The van der Waals surface area contributed by atoms with Gasteiger partial charge in [-0.05, 0) is 44.5 Å². The summed E-state index contributed by atoms with van der Waals surface area (Å²) in [5.41, 5.74) is -1.40. The topological polar surface area (TPSA) is 70.7 Å². The van der Waals surface area contributed by atoms with Crippen molar-refractivity contribution in [1.29, 1.82) is 5.26 Å². The highest BCUT2D eigenvalue weighted by atomic mass is 19.4. The number of aromatic nitrogens is 2. The van der Waals surface area contributed by atoms with Crippen LogP contribution in [0.4, 0.5) is 18.9 Å². The molecule has 0 atom stereocenters. The van der Waals surface area contributed by atoms with Gasteiger partial charge in [0.2, 0.25) is 0 Å². The monoisotopic (exact) mass is 336 g/mol. The van der Waals surface area contributed by atoms with E-state index in [1.54, 1.807) is 32.3 Å². The Morgan fingerprint density at radius 1 is 1.33 bits per heavy atom. The van der Waals surface area contributed by atoms with E-state index in [4.69, 9.17) is 5.26 Å². The molecule has 1 amide bonds. The summed E-state index contributed by atoms with van der Waals surface area (Å²) in [7, 11) is 0. The number of amides is 1. The predicted octanol–water partition coefficient (Wildman–Crippen LogP) is 3.46. The van der Waals surface area contributed by atoms with Crippen molar-refractivity contribution in [3.63, 3.8) is 0 Å². The second-order valence-corrected chi connectivity index (χ2v) is 5.85. The first-order chi connectivity index (χ1) is 11.1. The second-order valence-electron chi connectivity index (χ2n) is 5.85. The number of hydrogen-bond acceptors (Lipinski definition) is 3. The molecule has 2 rings (SSSR count). The first kappa shape index (κ1) is 17.5. The smallest absolute Gasteiger partial charge is 0.323 e. The van der Waals surface area contributed by atoms with E-state index in [9.17, 15) is 18.0 Å². The summed E-state index contributed by atoms with van der Waals surface area (Å²) in [5.74, 6) is -0.498. The van der Waals surface area contributed by atoms with Gasteiger partial charge < -0.3 is 5.32 Å². The summed E-state index contributed by atoms with van der Waals surface area (Å²) >= 11 is 0. The highest BCUT2D eigenvalue weighted by Gasteiger charge is 2.33. The SMILES string of the molecule is Cc1cnn(C(C)(C)C(=O)Nc2ccc(C(F)(F)F)cc2C#N)c1. The molecular weight excluding hydrogens is 321 g/mol. The number of nitrogens with one attached hydrogen (secondary N) is 1. The first-order valence-electron chi connectivity index (χ1n) is 7.00. The number of benzene rings is 1. The first-order valence-corrected chi connectivity index (χ1v) is 7.00. The van der Waals surface area contributed by atoms with Crippen LogP contribution in [0.5, 0.6) is 0 Å². The van der Waals surface area contributed by atoms with Crippen molar-refractivity contribution in [3.8, 4) is 6.07 Å². The summed E-state index contributed by atoms with van der Waals surface area (Å²) in [6.07, 6.45) is -1.29. The van der Waals surface area contributed by atoms with Gasteiger partial charge in [0.05, 0.1) is 23.0 Å². The lowest BCUT2D eigenvalue weighted by Gasteiger charge is -2.24. The van der Waals surface area contributed by atoms with Gasteiger partial charge in [-0.3, -0.25) is 9.48 Å². The number of halogens is 3. The quantitative estimate of drug-likeness (QED) is 0.933. The van der Waals surface area contributed by atoms with Gasteiger partial charge >= 0.3 is 6.18 Å². The third-order valence-electron chi connectivity index (χ3n) is 3.56. The molecule has 0 radical (unpaired) electrons. The van der Waals surface area contributed by atoms with Gasteiger partial charge in [-0.1, -0.05) is 0 Å². The predicted molar refractivity (Wildman–Crippen MR) is 81.1 cm³/mol. The summed E-state index contributed by atoms with van der Waals surface area (Å²) in [5, 5.41) is 15.6. The van der Waals surface area contributed by atoms with Crippen LogP contribution in [-0.4, -0.2) is 15.7 Å². The zero-order chi connectivity index (χ0) is 18.1. The summed E-state index contributed by atoms with van der Waals surface area (Å²) in [6, 6.07) is 4.27. The van der Waals surface area contributed by atoms with Crippen LogP contribution in [0.3, 0.4) is 0 Å². The number of anilines is 1. The minimum Gasteiger partial charge on any atom is -0.323 e. The molecule has 1 aromatic carbocycles. The molecular formula is C16H15F3N4O. The Morgan fingerprint density at radius 3 is 2.50 bits per heavy atom. The Kier molecular flexibility index (Phi) is 4.38. The molecule has 0 fully saturated rings. The van der Waals surface area contributed by atoms with Crippen molar-refractivity contribution in [2.24, 2.45) is 0 Å². The number of carbonyl (C=O) groups is 1. The lowest BCUT2D eigenvalue weighted by atomic mass is 10.0. The molecule has 0 aliphatic carbocycles. The van der Waals surface area contributed by atoms with Crippen LogP contribution < -0.4 is 5.32 Å². The van der Waals surface area contributed by atoms with Crippen LogP contribution in [0.1, 0.15) is 30.5 Å². The van der Waals surface area contributed by atoms with Gasteiger partial charge in [-0.25, -0.2) is 0 Å². The number of nitriles is 1. The van der Waals surface area contributed by atoms with Crippen LogP contribution in [0.15, 0.2) is 30.6 Å². The minimum absolute atomic E-state index is 0.0208. The molecule has 1 heterocycles. The highest BCUT2D eigenvalue weighted by molar-refractivity contribution is 5.97. The van der Waals surface area contributed by atoms with E-state index < -0.39 is 23.2 Å². The van der Waals surface area contributed by atoms with E-state index in [1.807, 2.05) is 6.92 Å². The van der Waals surface area contributed by atoms with Crippen molar-refractivity contribution >= 4 is 11.6 Å². The maximum Gasteiger partial charge on any atom is 0.416 e. The zero-order valence-corrected chi connectivity index (χ0v) is 13.3. The molecule has 2 aromatic rings. The largest absolute Gasteiger partial charge is 0.416 e. The van der Waals surface area contributed by atoms with Crippen molar-refractivity contribution in [2.75, 3.05) is 5.32 Å². The molecule has 126 valence electrons. The minimum atomic E-state index is -4.56. The van der Waals surface area contributed by atoms with Crippen molar-refractivity contribution in [1.82, 2.24) is 9.78 Å². The molecule has 0 spiro atoms. The van der Waals surface area contributed by atoms with Gasteiger partial charge in [-0.2, -0.15) is 23.5 Å². The van der Waals surface area contributed by atoms with E-state index in [0.717, 1.165) is 17.7 Å². The van der Waals surface area contributed by atoms with E-state index in [0.29, 0.717) is 6.07 Å². The average molecular weight is 336 g/mol. The number of carbonyl (C=O) groups excluding carboxylic acids is 1. The Balaban J connectivity index is 2.31. The lowest BCUT2D eigenvalue weighted by Crippen LogP contribution is -2.40. The molecule has 0 saturated heterocycles. The second kappa shape index (κ2) is 6.00. The van der Waals surface area contributed by atoms with Crippen LogP contribution in [0.25, 0.3) is 0 Å². The van der Waals surface area contributed by atoms with E-state index in [2.05, 4.69) is 10.4 Å². The van der Waals surface area contributed by atoms with E-state index in [-0.39, 0.29) is 11.3 Å². The van der Waals surface area contributed by atoms with Crippen LogP contribution in [0.2, 0.25) is 0 Å². The number of rotatable bonds is 3. The van der Waals surface area contributed by atoms with Gasteiger partial charge in [-0.15, -0.1) is 0 Å². The maximum atomic E-state index is 12.7. The number of nitrogens with zero attached hydrogens (tertiary/aromatic N) is 3. The van der Waals surface area contributed by atoms with Gasteiger partial charge in [0.15, 0.2) is 0 Å². The third-order valence-corrected chi connectivity index (χ3v) is 3.56. The van der Waals surface area contributed by atoms with Gasteiger partial charge in [0, 0.05) is 6.20 Å². The number of alkyl halides is 3. The lowest BCUT2D eigenvalue weighted by molar-refractivity contribution is -0.137. The average Bonchev–Trinajstić information content (AvgIpc) is 2.93. The molecule has 24 heavy (non-hydrogen) atoms.